The van der Waals surface area contributed by atoms with Crippen LogP contribution in [0.5, 0.6) is 5.75 Å². The fraction of sp³-hybridized carbons (Fsp3) is 0.375. The van der Waals surface area contributed by atoms with Crippen LogP contribution in [0.4, 0.5) is 5.82 Å². The second kappa shape index (κ2) is 9.95. The van der Waals surface area contributed by atoms with Crippen molar-refractivity contribution in [2.75, 3.05) is 37.9 Å². The molecule has 0 bridgehead atoms. The van der Waals surface area contributed by atoms with E-state index in [0.717, 1.165) is 42.8 Å². The molecule has 1 aromatic carbocycles. The maximum atomic E-state index is 12.7. The summed E-state index contributed by atoms with van der Waals surface area (Å²) in [6, 6.07) is 6.75. The highest BCUT2D eigenvalue weighted by Crippen LogP contribution is 2.28. The lowest BCUT2D eigenvalue weighted by Gasteiger charge is -2.28. The minimum absolute atomic E-state index is 0.0598. The van der Waals surface area contributed by atoms with Crippen molar-refractivity contribution >= 4 is 45.5 Å². The molecule has 4 aromatic rings. The Kier molecular flexibility index (Phi) is 6.58. The number of rotatable bonds is 7. The lowest BCUT2D eigenvalue weighted by atomic mass is 10.1. The predicted molar refractivity (Wildman–Crippen MR) is 135 cm³/mol. The second-order valence-corrected chi connectivity index (χ2v) is 9.04. The molecule has 1 amide bonds. The number of carbonyl (C=O) groups excluding carboxylic acids is 1. The van der Waals surface area contributed by atoms with Crippen molar-refractivity contribution in [2.45, 2.75) is 31.0 Å². The highest BCUT2D eigenvalue weighted by molar-refractivity contribution is 7.98. The number of methoxy groups -OCH3 is 1. The van der Waals surface area contributed by atoms with E-state index in [9.17, 15) is 9.59 Å². The molecular formula is C24H26N6O4S. The first kappa shape index (κ1) is 23.2. The number of hydrogen-bond donors (Lipinski definition) is 1. The van der Waals surface area contributed by atoms with Gasteiger partial charge in [0.1, 0.15) is 11.4 Å². The van der Waals surface area contributed by atoms with Gasteiger partial charge in [0.2, 0.25) is 0 Å². The van der Waals surface area contributed by atoms with Crippen molar-refractivity contribution in [2.24, 2.45) is 0 Å². The third-order valence-corrected chi connectivity index (χ3v) is 6.64. The zero-order valence-corrected chi connectivity index (χ0v) is 20.4. The van der Waals surface area contributed by atoms with Crippen molar-refractivity contribution in [1.82, 2.24) is 25.1 Å². The second-order valence-electron chi connectivity index (χ2n) is 8.27. The van der Waals surface area contributed by atoms with Gasteiger partial charge in [0.25, 0.3) is 5.91 Å². The monoisotopic (exact) mass is 494 g/mol. The predicted octanol–water partition coefficient (Wildman–Crippen LogP) is 3.08. The molecule has 0 spiro atoms. The maximum Gasteiger partial charge on any atom is 0.349 e. The molecule has 5 rings (SSSR count). The molecule has 0 aliphatic carbocycles. The average molecular weight is 495 g/mol. The molecule has 1 N–H and O–H groups in total. The quantitative estimate of drug-likeness (QED) is 0.235. The number of aromatic nitrogens is 4. The Hall–Kier alpha value is -3.60. The van der Waals surface area contributed by atoms with E-state index in [1.165, 1.54) is 31.4 Å². The number of benzene rings is 1. The van der Waals surface area contributed by atoms with Crippen LogP contribution in [0.25, 0.3) is 22.0 Å². The Labute approximate surface area is 205 Å². The topological polar surface area (TPSA) is 115 Å². The van der Waals surface area contributed by atoms with Crippen LogP contribution in [-0.2, 0) is 6.54 Å². The van der Waals surface area contributed by atoms with Gasteiger partial charge >= 0.3 is 5.63 Å². The van der Waals surface area contributed by atoms with E-state index in [1.807, 2.05) is 6.26 Å². The highest BCUT2D eigenvalue weighted by atomic mass is 32.2. The van der Waals surface area contributed by atoms with Gasteiger partial charge in [-0.3, -0.25) is 4.79 Å². The molecule has 35 heavy (non-hydrogen) atoms. The number of amides is 1. The highest BCUT2D eigenvalue weighted by Gasteiger charge is 2.20. The number of fused-ring (bicyclic) bond motifs is 2. The Morgan fingerprint density at radius 3 is 2.83 bits per heavy atom. The fourth-order valence-electron chi connectivity index (χ4n) is 4.33. The van der Waals surface area contributed by atoms with E-state index < -0.39 is 11.5 Å². The molecule has 3 aromatic heterocycles. The molecule has 1 fully saturated rings. The third-order valence-electron chi connectivity index (χ3n) is 6.09. The normalized spacial score (nSPS) is 13.9. The van der Waals surface area contributed by atoms with Crippen LogP contribution < -0.4 is 20.6 Å². The van der Waals surface area contributed by atoms with Crippen molar-refractivity contribution < 1.29 is 13.9 Å². The molecule has 4 heterocycles. The van der Waals surface area contributed by atoms with Crippen molar-refractivity contribution in [3.63, 3.8) is 0 Å². The molecule has 1 aliphatic heterocycles. The lowest BCUT2D eigenvalue weighted by Crippen LogP contribution is -2.31. The third kappa shape index (κ3) is 4.55. The summed E-state index contributed by atoms with van der Waals surface area (Å²) in [6.07, 6.45) is 7.27. The van der Waals surface area contributed by atoms with Gasteiger partial charge in [0, 0.05) is 25.0 Å². The first-order valence-corrected chi connectivity index (χ1v) is 12.7. The standard InChI is InChI=1S/C24H26N6O4S/c1-33-18-8-6-7-15-13-16(23(32)34-19(15)18)22(31)25-9-12-30-21-17(14-26-30)20(27-24(28-21)35-2)29-10-4-3-5-11-29/h6-8,13-14H,3-5,9-12H2,1-2H3,(H,25,31). The number of hydrogen-bond acceptors (Lipinski definition) is 9. The van der Waals surface area contributed by atoms with Crippen LogP contribution in [0.1, 0.15) is 29.6 Å². The van der Waals surface area contributed by atoms with Crippen molar-refractivity contribution in [1.29, 1.82) is 0 Å². The molecule has 0 radical (unpaired) electrons. The molecule has 0 unspecified atom stereocenters. The summed E-state index contributed by atoms with van der Waals surface area (Å²) in [5.41, 5.74) is 0.271. The fourth-order valence-corrected chi connectivity index (χ4v) is 4.69. The van der Waals surface area contributed by atoms with Gasteiger partial charge in [0.15, 0.2) is 22.1 Å². The summed E-state index contributed by atoms with van der Waals surface area (Å²) in [5, 5.41) is 9.50. The van der Waals surface area contributed by atoms with E-state index in [4.69, 9.17) is 14.1 Å². The smallest absolute Gasteiger partial charge is 0.349 e. The Morgan fingerprint density at radius 1 is 1.23 bits per heavy atom. The summed E-state index contributed by atoms with van der Waals surface area (Å²) in [7, 11) is 1.50. The van der Waals surface area contributed by atoms with E-state index >= 15 is 0 Å². The van der Waals surface area contributed by atoms with E-state index in [2.05, 4.69) is 20.3 Å². The number of ether oxygens (including phenoxy) is 1. The SMILES string of the molecule is COc1cccc2cc(C(=O)NCCn3ncc4c(N5CCCCC5)nc(SC)nc43)c(=O)oc12. The van der Waals surface area contributed by atoms with Crippen LogP contribution in [0.15, 0.2) is 44.8 Å². The summed E-state index contributed by atoms with van der Waals surface area (Å²) >= 11 is 1.49. The van der Waals surface area contributed by atoms with Gasteiger partial charge in [-0.15, -0.1) is 0 Å². The lowest BCUT2D eigenvalue weighted by molar-refractivity contribution is 0.0948. The van der Waals surface area contributed by atoms with Gasteiger partial charge in [-0.2, -0.15) is 5.10 Å². The van der Waals surface area contributed by atoms with Crippen molar-refractivity contribution in [3.05, 3.63) is 46.4 Å². The van der Waals surface area contributed by atoms with Gasteiger partial charge < -0.3 is 19.4 Å². The van der Waals surface area contributed by atoms with Gasteiger partial charge in [-0.05, 0) is 37.7 Å². The number of anilines is 1. The van der Waals surface area contributed by atoms with Crippen LogP contribution in [0.3, 0.4) is 0 Å². The van der Waals surface area contributed by atoms with Crippen molar-refractivity contribution in [3.8, 4) is 5.75 Å². The number of carbonyl (C=O) groups is 1. The summed E-state index contributed by atoms with van der Waals surface area (Å²) in [5.74, 6) is 0.847. The largest absolute Gasteiger partial charge is 0.493 e. The molecule has 0 saturated carbocycles. The minimum Gasteiger partial charge on any atom is -0.493 e. The first-order valence-electron chi connectivity index (χ1n) is 11.5. The number of para-hydroxylation sites is 1. The Bertz CT molecular complexity index is 1440. The summed E-state index contributed by atoms with van der Waals surface area (Å²) < 4.78 is 12.4. The van der Waals surface area contributed by atoms with Gasteiger partial charge in [0.05, 0.1) is 25.2 Å². The molecule has 10 nitrogen and oxygen atoms in total. The molecule has 1 aliphatic rings. The minimum atomic E-state index is -0.715. The molecule has 11 heteroatoms. The molecule has 182 valence electrons. The number of nitrogens with zero attached hydrogens (tertiary/aromatic N) is 5. The van der Waals surface area contributed by atoms with Crippen LogP contribution in [0, 0.1) is 0 Å². The van der Waals surface area contributed by atoms with Crippen LogP contribution in [0.2, 0.25) is 0 Å². The number of piperidine rings is 1. The van der Waals surface area contributed by atoms with Gasteiger partial charge in [-0.25, -0.2) is 19.4 Å². The zero-order chi connectivity index (χ0) is 24.4. The van der Waals surface area contributed by atoms with E-state index in [1.54, 1.807) is 29.1 Å². The summed E-state index contributed by atoms with van der Waals surface area (Å²) in [4.78, 5) is 36.9. The zero-order valence-electron chi connectivity index (χ0n) is 19.6. The molecule has 1 saturated heterocycles. The molecular weight excluding hydrogens is 468 g/mol. The Balaban J connectivity index is 1.34. The Morgan fingerprint density at radius 2 is 2.06 bits per heavy atom. The van der Waals surface area contributed by atoms with Crippen LogP contribution in [-0.4, -0.2) is 58.7 Å². The first-order chi connectivity index (χ1) is 17.1. The van der Waals surface area contributed by atoms with Crippen LogP contribution >= 0.6 is 11.8 Å². The maximum absolute atomic E-state index is 12.7. The van der Waals surface area contributed by atoms with E-state index in [0.29, 0.717) is 28.4 Å². The summed E-state index contributed by atoms with van der Waals surface area (Å²) in [6.45, 7) is 2.61. The van der Waals surface area contributed by atoms with E-state index in [-0.39, 0.29) is 12.1 Å². The number of thioether (sulfide) groups is 1. The number of nitrogens with one attached hydrogen (secondary N) is 1. The average Bonchev–Trinajstić information content (AvgIpc) is 3.30. The van der Waals surface area contributed by atoms with Gasteiger partial charge in [-0.1, -0.05) is 23.9 Å². The molecule has 0 atom stereocenters.